The molecule has 2 rings (SSSR count). The van der Waals surface area contributed by atoms with Gasteiger partial charge < -0.3 is 16.4 Å². The fourth-order valence-corrected chi connectivity index (χ4v) is 1.87. The van der Waals surface area contributed by atoms with Gasteiger partial charge in [-0.05, 0) is 25.0 Å². The lowest BCUT2D eigenvalue weighted by atomic mass is 10.1. The number of carbonyl (C=O) groups excluding carboxylic acids is 1. The van der Waals surface area contributed by atoms with Gasteiger partial charge >= 0.3 is 0 Å². The Bertz CT molecular complexity index is 385. The van der Waals surface area contributed by atoms with Crippen LogP contribution >= 0.6 is 0 Å². The monoisotopic (exact) mass is 220 g/mol. The molecule has 1 saturated heterocycles. The molecule has 1 aliphatic heterocycles. The second kappa shape index (κ2) is 4.49. The molecule has 86 valence electrons. The lowest BCUT2D eigenvalue weighted by Crippen LogP contribution is -2.40. The molecule has 4 N–H and O–H groups in total. The van der Waals surface area contributed by atoms with E-state index in [4.69, 9.17) is 11.5 Å². The molecule has 5 heteroatoms. The normalized spacial score (nSPS) is 17.4. The van der Waals surface area contributed by atoms with Crippen LogP contribution in [0.25, 0.3) is 0 Å². The first-order chi connectivity index (χ1) is 7.66. The van der Waals surface area contributed by atoms with Gasteiger partial charge in [0.15, 0.2) is 0 Å². The maximum Gasteiger partial charge on any atom is 0.267 e. The van der Waals surface area contributed by atoms with Crippen LogP contribution in [-0.2, 0) is 0 Å². The first-order valence-corrected chi connectivity index (χ1v) is 5.44. The predicted octanol–water partition coefficient (Wildman–Crippen LogP) is 0.108. The first kappa shape index (κ1) is 10.9. The molecule has 0 aromatic carbocycles. The summed E-state index contributed by atoms with van der Waals surface area (Å²) >= 11 is 0. The van der Waals surface area contributed by atoms with E-state index in [0.29, 0.717) is 5.69 Å². The summed E-state index contributed by atoms with van der Waals surface area (Å²) in [4.78, 5) is 17.4. The zero-order valence-electron chi connectivity index (χ0n) is 9.10. The van der Waals surface area contributed by atoms with E-state index in [9.17, 15) is 4.79 Å². The highest BCUT2D eigenvalue weighted by Gasteiger charge is 2.17. The Morgan fingerprint density at radius 3 is 2.69 bits per heavy atom. The van der Waals surface area contributed by atoms with Gasteiger partial charge in [0.25, 0.3) is 5.91 Å². The Morgan fingerprint density at radius 1 is 1.38 bits per heavy atom. The number of rotatable bonds is 2. The quantitative estimate of drug-likeness (QED) is 0.740. The molecule has 1 aliphatic rings. The summed E-state index contributed by atoms with van der Waals surface area (Å²) in [5, 5.41) is 0. The highest BCUT2D eigenvalue weighted by atomic mass is 16.1. The van der Waals surface area contributed by atoms with Gasteiger partial charge in [0.1, 0.15) is 11.5 Å². The SMILES string of the molecule is NC(=O)c1cccc(N2CCC(N)CC2)n1. The average Bonchev–Trinajstić information content (AvgIpc) is 2.30. The minimum Gasteiger partial charge on any atom is -0.364 e. The van der Waals surface area contributed by atoms with Gasteiger partial charge in [0.05, 0.1) is 0 Å². The third kappa shape index (κ3) is 2.30. The average molecular weight is 220 g/mol. The summed E-state index contributed by atoms with van der Waals surface area (Å²) in [6.07, 6.45) is 1.92. The number of anilines is 1. The predicted molar refractivity (Wildman–Crippen MR) is 62.2 cm³/mol. The number of carbonyl (C=O) groups is 1. The highest BCUT2D eigenvalue weighted by molar-refractivity contribution is 5.91. The standard InChI is InChI=1S/C11H16N4O/c12-8-4-6-15(7-5-8)10-3-1-2-9(14-10)11(13)16/h1-3,8H,4-7,12H2,(H2,13,16). The molecule has 1 fully saturated rings. The van der Waals surface area contributed by atoms with E-state index in [0.717, 1.165) is 31.7 Å². The maximum atomic E-state index is 11.0. The number of primary amides is 1. The summed E-state index contributed by atoms with van der Waals surface area (Å²) < 4.78 is 0. The molecular formula is C11H16N4O. The minimum absolute atomic E-state index is 0.288. The maximum absolute atomic E-state index is 11.0. The summed E-state index contributed by atoms with van der Waals surface area (Å²) in [6, 6.07) is 5.61. The molecule has 0 atom stereocenters. The largest absolute Gasteiger partial charge is 0.364 e. The summed E-state index contributed by atoms with van der Waals surface area (Å²) in [5.41, 5.74) is 11.3. The van der Waals surface area contributed by atoms with Gasteiger partial charge in [0.2, 0.25) is 0 Å². The van der Waals surface area contributed by atoms with Crippen molar-refractivity contribution in [2.75, 3.05) is 18.0 Å². The molecule has 1 amide bonds. The molecule has 5 nitrogen and oxygen atoms in total. The van der Waals surface area contributed by atoms with Crippen LogP contribution in [0.5, 0.6) is 0 Å². The number of piperidine rings is 1. The molecule has 0 aliphatic carbocycles. The topological polar surface area (TPSA) is 85.2 Å². The van der Waals surface area contributed by atoms with Crippen molar-refractivity contribution in [2.45, 2.75) is 18.9 Å². The van der Waals surface area contributed by atoms with Crippen LogP contribution in [-0.4, -0.2) is 30.0 Å². The second-order valence-corrected chi connectivity index (χ2v) is 4.07. The van der Waals surface area contributed by atoms with E-state index in [2.05, 4.69) is 9.88 Å². The molecule has 0 bridgehead atoms. The van der Waals surface area contributed by atoms with Crippen LogP contribution in [0.2, 0.25) is 0 Å². The lowest BCUT2D eigenvalue weighted by molar-refractivity contribution is 0.0995. The Balaban J connectivity index is 2.14. The Morgan fingerprint density at radius 2 is 2.06 bits per heavy atom. The van der Waals surface area contributed by atoms with Gasteiger partial charge in [-0.1, -0.05) is 6.07 Å². The van der Waals surface area contributed by atoms with E-state index in [1.165, 1.54) is 0 Å². The number of pyridine rings is 1. The second-order valence-electron chi connectivity index (χ2n) is 4.07. The van der Waals surface area contributed by atoms with Gasteiger partial charge in [-0.15, -0.1) is 0 Å². The van der Waals surface area contributed by atoms with E-state index < -0.39 is 5.91 Å². The van der Waals surface area contributed by atoms with Crippen LogP contribution in [0.4, 0.5) is 5.82 Å². The van der Waals surface area contributed by atoms with Crippen molar-refractivity contribution in [1.29, 1.82) is 0 Å². The molecule has 0 spiro atoms. The zero-order valence-corrected chi connectivity index (χ0v) is 9.10. The van der Waals surface area contributed by atoms with Crippen molar-refractivity contribution in [3.8, 4) is 0 Å². The summed E-state index contributed by atoms with van der Waals surface area (Å²) in [7, 11) is 0. The molecule has 0 unspecified atom stereocenters. The van der Waals surface area contributed by atoms with Gasteiger partial charge in [0, 0.05) is 19.1 Å². The van der Waals surface area contributed by atoms with Crippen LogP contribution in [0.1, 0.15) is 23.3 Å². The van der Waals surface area contributed by atoms with Gasteiger partial charge in [-0.2, -0.15) is 0 Å². The Kier molecular flexibility index (Phi) is 3.05. The number of amides is 1. The van der Waals surface area contributed by atoms with Gasteiger partial charge in [-0.25, -0.2) is 4.98 Å². The van der Waals surface area contributed by atoms with Crippen molar-refractivity contribution in [3.63, 3.8) is 0 Å². The minimum atomic E-state index is -0.490. The van der Waals surface area contributed by atoms with Crippen molar-refractivity contribution < 1.29 is 4.79 Å². The summed E-state index contributed by atoms with van der Waals surface area (Å²) in [6.45, 7) is 1.77. The zero-order chi connectivity index (χ0) is 11.5. The highest BCUT2D eigenvalue weighted by Crippen LogP contribution is 2.17. The third-order valence-electron chi connectivity index (χ3n) is 2.85. The van der Waals surface area contributed by atoms with Crippen molar-refractivity contribution >= 4 is 11.7 Å². The fourth-order valence-electron chi connectivity index (χ4n) is 1.87. The molecule has 16 heavy (non-hydrogen) atoms. The van der Waals surface area contributed by atoms with E-state index in [1.807, 2.05) is 6.07 Å². The summed E-state index contributed by atoms with van der Waals surface area (Å²) in [5.74, 6) is 0.318. The van der Waals surface area contributed by atoms with Crippen molar-refractivity contribution in [1.82, 2.24) is 4.98 Å². The van der Waals surface area contributed by atoms with Crippen LogP contribution in [0.3, 0.4) is 0 Å². The van der Waals surface area contributed by atoms with Crippen molar-refractivity contribution in [2.24, 2.45) is 11.5 Å². The molecule has 0 saturated carbocycles. The number of hydrogen-bond acceptors (Lipinski definition) is 4. The van der Waals surface area contributed by atoms with E-state index in [-0.39, 0.29) is 6.04 Å². The smallest absolute Gasteiger partial charge is 0.267 e. The molecule has 1 aromatic heterocycles. The Labute approximate surface area is 94.4 Å². The van der Waals surface area contributed by atoms with E-state index in [1.54, 1.807) is 12.1 Å². The molecule has 2 heterocycles. The van der Waals surface area contributed by atoms with Crippen LogP contribution in [0, 0.1) is 0 Å². The first-order valence-electron chi connectivity index (χ1n) is 5.44. The fraction of sp³-hybridized carbons (Fsp3) is 0.455. The van der Waals surface area contributed by atoms with Crippen LogP contribution < -0.4 is 16.4 Å². The van der Waals surface area contributed by atoms with Gasteiger partial charge in [-0.3, -0.25) is 4.79 Å². The number of aromatic nitrogens is 1. The Hall–Kier alpha value is -1.62. The molecular weight excluding hydrogens is 204 g/mol. The van der Waals surface area contributed by atoms with Crippen LogP contribution in [0.15, 0.2) is 18.2 Å². The number of nitrogens with two attached hydrogens (primary N) is 2. The third-order valence-corrected chi connectivity index (χ3v) is 2.85. The number of hydrogen-bond donors (Lipinski definition) is 2. The molecule has 0 radical (unpaired) electrons. The van der Waals surface area contributed by atoms with E-state index >= 15 is 0 Å². The number of nitrogens with zero attached hydrogens (tertiary/aromatic N) is 2. The molecule has 1 aromatic rings. The lowest BCUT2D eigenvalue weighted by Gasteiger charge is -2.31. The van der Waals surface area contributed by atoms with Crippen molar-refractivity contribution in [3.05, 3.63) is 23.9 Å².